The molecular weight excluding hydrogens is 578 g/mol. The Morgan fingerprint density at radius 2 is 1.66 bits per heavy atom. The summed E-state index contributed by atoms with van der Waals surface area (Å²) in [5.74, 6) is 0. The molecule has 2 aromatic heterocycles. The van der Waals surface area contributed by atoms with Crippen molar-refractivity contribution in [2.24, 2.45) is 0 Å². The number of aromatic nitrogens is 2. The number of urea groups is 1. The van der Waals surface area contributed by atoms with Crippen LogP contribution in [-0.4, -0.2) is 82.7 Å². The van der Waals surface area contributed by atoms with E-state index >= 15 is 0 Å². The number of likely N-dealkylation sites (tertiary alicyclic amines) is 1. The first-order valence-corrected chi connectivity index (χ1v) is 17.1. The summed E-state index contributed by atoms with van der Waals surface area (Å²) in [6, 6.07) is 8.07. The number of pyridine rings is 1. The van der Waals surface area contributed by atoms with Crippen molar-refractivity contribution in [2.45, 2.75) is 90.8 Å². The van der Waals surface area contributed by atoms with Crippen LogP contribution >= 0.6 is 0 Å². The van der Waals surface area contributed by atoms with Crippen molar-refractivity contribution in [1.82, 2.24) is 19.4 Å². The molecule has 0 atom stereocenters. The summed E-state index contributed by atoms with van der Waals surface area (Å²) in [7, 11) is -1.25. The standard InChI is InChI=1S/C33H45N5O5S/c1-21-27-25-20-37(32(2,3)4)30(39)35(8)26(25)18-34-29(27)38(31(40)43-33(5,6)7)28(21)23-12-10-22(11-13-23)19-36-16-14-24(15-17-36)44(9,41)42/h10-13,18,24H,14-17,19-20H2,1-9H3. The van der Waals surface area contributed by atoms with Gasteiger partial charge in [-0.05, 0) is 91.1 Å². The lowest BCUT2D eigenvalue weighted by molar-refractivity contribution is 0.0546. The van der Waals surface area contributed by atoms with Gasteiger partial charge in [0.05, 0.1) is 29.4 Å². The third-order valence-electron chi connectivity index (χ3n) is 8.66. The fourth-order valence-electron chi connectivity index (χ4n) is 6.32. The van der Waals surface area contributed by atoms with Crippen molar-refractivity contribution in [1.29, 1.82) is 0 Å². The van der Waals surface area contributed by atoms with E-state index in [0.29, 0.717) is 30.7 Å². The number of aryl methyl sites for hydroxylation is 1. The van der Waals surface area contributed by atoms with Gasteiger partial charge in [-0.2, -0.15) is 0 Å². The summed E-state index contributed by atoms with van der Waals surface area (Å²) in [5.41, 5.74) is 4.63. The Bertz CT molecular complexity index is 1710. The van der Waals surface area contributed by atoms with Crippen molar-refractivity contribution >= 4 is 38.7 Å². The van der Waals surface area contributed by atoms with E-state index in [0.717, 1.165) is 53.0 Å². The van der Waals surface area contributed by atoms with E-state index in [4.69, 9.17) is 9.72 Å². The minimum absolute atomic E-state index is 0.0910. The maximum atomic E-state index is 13.8. The van der Waals surface area contributed by atoms with Crippen molar-refractivity contribution in [3.8, 4) is 11.3 Å². The van der Waals surface area contributed by atoms with Gasteiger partial charge in [-0.15, -0.1) is 0 Å². The average molecular weight is 624 g/mol. The van der Waals surface area contributed by atoms with Crippen molar-refractivity contribution in [2.75, 3.05) is 31.3 Å². The average Bonchev–Trinajstić information content (AvgIpc) is 3.22. The molecule has 2 aliphatic heterocycles. The number of fused-ring (bicyclic) bond motifs is 3. The van der Waals surface area contributed by atoms with E-state index in [1.807, 2.05) is 65.5 Å². The van der Waals surface area contributed by atoms with Crippen molar-refractivity contribution < 1.29 is 22.7 Å². The first-order chi connectivity index (χ1) is 20.4. The smallest absolute Gasteiger partial charge is 0.420 e. The van der Waals surface area contributed by atoms with Gasteiger partial charge in [-0.3, -0.25) is 9.80 Å². The van der Waals surface area contributed by atoms with E-state index in [1.54, 1.807) is 22.7 Å². The Kier molecular flexibility index (Phi) is 8.12. The van der Waals surface area contributed by atoms with Crippen molar-refractivity contribution in [3.63, 3.8) is 0 Å². The lowest BCUT2D eigenvalue weighted by atomic mass is 9.98. The van der Waals surface area contributed by atoms with Crippen LogP contribution in [0, 0.1) is 6.92 Å². The van der Waals surface area contributed by atoms with Crippen LogP contribution in [-0.2, 0) is 27.7 Å². The third kappa shape index (κ3) is 6.08. The molecule has 1 aromatic carbocycles. The summed E-state index contributed by atoms with van der Waals surface area (Å²) in [6.07, 6.45) is 3.79. The Hall–Kier alpha value is -3.44. The maximum Gasteiger partial charge on any atom is 0.420 e. The molecule has 0 spiro atoms. The summed E-state index contributed by atoms with van der Waals surface area (Å²) < 4.78 is 31.4. The normalized spacial score (nSPS) is 17.3. The Morgan fingerprint density at radius 1 is 1.05 bits per heavy atom. The third-order valence-corrected chi connectivity index (χ3v) is 10.3. The minimum Gasteiger partial charge on any atom is -0.443 e. The molecule has 11 heteroatoms. The lowest BCUT2D eigenvalue weighted by Crippen LogP contribution is -2.53. The van der Waals surface area contributed by atoms with E-state index in [1.165, 1.54) is 6.26 Å². The second-order valence-corrected chi connectivity index (χ2v) is 16.5. The van der Waals surface area contributed by atoms with Gasteiger partial charge in [0.25, 0.3) is 0 Å². The summed E-state index contributed by atoms with van der Waals surface area (Å²) >= 11 is 0. The zero-order chi connectivity index (χ0) is 32.4. The monoisotopic (exact) mass is 623 g/mol. The van der Waals surface area contributed by atoms with Gasteiger partial charge < -0.3 is 9.64 Å². The van der Waals surface area contributed by atoms with E-state index in [-0.39, 0.29) is 11.3 Å². The molecule has 0 N–H and O–H groups in total. The fourth-order valence-corrected chi connectivity index (χ4v) is 7.39. The molecule has 238 valence electrons. The molecule has 0 saturated carbocycles. The number of carbonyl (C=O) groups excluding carboxylic acids is 2. The van der Waals surface area contributed by atoms with Gasteiger partial charge in [0, 0.05) is 36.3 Å². The molecule has 2 aliphatic rings. The highest BCUT2D eigenvalue weighted by molar-refractivity contribution is 7.91. The van der Waals surface area contributed by atoms with Gasteiger partial charge >= 0.3 is 12.1 Å². The predicted molar refractivity (Wildman–Crippen MR) is 174 cm³/mol. The summed E-state index contributed by atoms with van der Waals surface area (Å²) in [6.45, 7) is 16.2. The molecule has 2 amide bonds. The number of anilines is 1. The molecule has 3 aromatic rings. The van der Waals surface area contributed by atoms with E-state index in [9.17, 15) is 18.0 Å². The number of sulfone groups is 1. The van der Waals surface area contributed by atoms with Crippen LogP contribution in [0.25, 0.3) is 22.3 Å². The fraction of sp³-hybridized carbons (Fsp3) is 0.545. The van der Waals surface area contributed by atoms with Crippen molar-refractivity contribution in [3.05, 3.63) is 47.2 Å². The Labute approximate surface area is 260 Å². The van der Waals surface area contributed by atoms with Gasteiger partial charge in [0.2, 0.25) is 0 Å². The minimum atomic E-state index is -3.01. The molecule has 0 bridgehead atoms. The molecule has 0 unspecified atom stereocenters. The molecular formula is C33H45N5O5S. The number of benzene rings is 1. The molecule has 4 heterocycles. The molecule has 0 radical (unpaired) electrons. The number of hydrogen-bond acceptors (Lipinski definition) is 7. The topological polar surface area (TPSA) is 105 Å². The number of rotatable bonds is 4. The molecule has 5 rings (SSSR count). The number of hydrogen-bond donors (Lipinski definition) is 0. The largest absolute Gasteiger partial charge is 0.443 e. The molecule has 1 fully saturated rings. The highest BCUT2D eigenvalue weighted by atomic mass is 32.2. The van der Waals surface area contributed by atoms with Crippen LogP contribution in [0.1, 0.15) is 71.1 Å². The first-order valence-electron chi connectivity index (χ1n) is 15.2. The second kappa shape index (κ2) is 11.2. The molecule has 1 saturated heterocycles. The SMILES string of the molecule is Cc1c(-c2ccc(CN3CCC(S(C)(=O)=O)CC3)cc2)n(C(=O)OC(C)(C)C)c2ncc3c(c12)CN(C(C)(C)C)C(=O)N3C. The predicted octanol–water partition coefficient (Wildman–Crippen LogP) is 5.97. The van der Waals surface area contributed by atoms with Crippen LogP contribution in [0.15, 0.2) is 30.5 Å². The van der Waals surface area contributed by atoms with E-state index < -0.39 is 27.1 Å². The quantitative estimate of drug-likeness (QED) is 0.352. The maximum absolute atomic E-state index is 13.8. The number of piperidine rings is 1. The number of carbonyl (C=O) groups is 2. The number of amides is 2. The van der Waals surface area contributed by atoms with E-state index in [2.05, 4.69) is 17.0 Å². The van der Waals surface area contributed by atoms with Gasteiger partial charge in [-0.25, -0.2) is 27.6 Å². The summed E-state index contributed by atoms with van der Waals surface area (Å²) in [4.78, 5) is 37.6. The van der Waals surface area contributed by atoms with Crippen LogP contribution in [0.4, 0.5) is 15.3 Å². The zero-order valence-electron chi connectivity index (χ0n) is 27.4. The lowest BCUT2D eigenvalue weighted by Gasteiger charge is -2.42. The zero-order valence-corrected chi connectivity index (χ0v) is 28.2. The molecule has 44 heavy (non-hydrogen) atoms. The van der Waals surface area contributed by atoms with Crippen LogP contribution in [0.2, 0.25) is 0 Å². The second-order valence-electron chi connectivity index (χ2n) is 14.2. The highest BCUT2D eigenvalue weighted by Crippen LogP contribution is 2.41. The molecule has 0 aliphatic carbocycles. The Morgan fingerprint density at radius 3 is 2.20 bits per heavy atom. The number of ether oxygens (including phenoxy) is 1. The summed E-state index contributed by atoms with van der Waals surface area (Å²) in [5, 5.41) is 0.585. The van der Waals surface area contributed by atoms with Crippen LogP contribution in [0.5, 0.6) is 0 Å². The van der Waals surface area contributed by atoms with Crippen LogP contribution in [0.3, 0.4) is 0 Å². The van der Waals surface area contributed by atoms with Crippen LogP contribution < -0.4 is 4.90 Å². The number of nitrogens with zero attached hydrogens (tertiary/aromatic N) is 5. The highest BCUT2D eigenvalue weighted by Gasteiger charge is 2.38. The van der Waals surface area contributed by atoms with Gasteiger partial charge in [0.15, 0.2) is 5.65 Å². The van der Waals surface area contributed by atoms with Gasteiger partial charge in [0.1, 0.15) is 15.4 Å². The first kappa shape index (κ1) is 32.0. The Balaban J connectivity index is 1.56. The molecule has 10 nitrogen and oxygen atoms in total. The van der Waals surface area contributed by atoms with Gasteiger partial charge in [-0.1, -0.05) is 24.3 Å².